The van der Waals surface area contributed by atoms with Crippen LogP contribution < -0.4 is 0 Å². The number of benzene rings is 1. The van der Waals surface area contributed by atoms with E-state index < -0.39 is 0 Å². The van der Waals surface area contributed by atoms with Crippen molar-refractivity contribution in [1.82, 2.24) is 0 Å². The summed E-state index contributed by atoms with van der Waals surface area (Å²) in [6.07, 6.45) is 3.97. The first-order chi connectivity index (χ1) is 8.58. The maximum atomic E-state index is 2.44. The molecule has 0 aliphatic heterocycles. The molecule has 0 bridgehead atoms. The van der Waals surface area contributed by atoms with Gasteiger partial charge in [-0.1, -0.05) is 59.7 Å². The van der Waals surface area contributed by atoms with Crippen molar-refractivity contribution in [3.63, 3.8) is 0 Å². The molecule has 1 aromatic carbocycles. The summed E-state index contributed by atoms with van der Waals surface area (Å²) in [5, 5.41) is 0. The van der Waals surface area contributed by atoms with Crippen LogP contribution in [0.15, 0.2) is 18.2 Å². The summed E-state index contributed by atoms with van der Waals surface area (Å²) in [4.78, 5) is 0. The molecule has 0 spiro atoms. The van der Waals surface area contributed by atoms with Crippen LogP contribution in [0.25, 0.3) is 0 Å². The maximum absolute atomic E-state index is 2.44. The highest BCUT2D eigenvalue weighted by atomic mass is 14.3. The van der Waals surface area contributed by atoms with Crippen molar-refractivity contribution in [2.24, 2.45) is 11.8 Å². The quantitative estimate of drug-likeness (QED) is 0.637. The minimum Gasteiger partial charge on any atom is -0.0683 e. The molecule has 1 unspecified atom stereocenters. The van der Waals surface area contributed by atoms with Crippen LogP contribution in [0.3, 0.4) is 0 Å². The Balaban J connectivity index is 0.000000771. The lowest BCUT2D eigenvalue weighted by Gasteiger charge is -2.28. The van der Waals surface area contributed by atoms with E-state index >= 15 is 0 Å². The first-order valence-electron chi connectivity index (χ1n) is 7.69. The van der Waals surface area contributed by atoms with E-state index in [1.807, 2.05) is 13.8 Å². The summed E-state index contributed by atoms with van der Waals surface area (Å²) in [5.41, 5.74) is 4.72. The van der Waals surface area contributed by atoms with Gasteiger partial charge in [-0.3, -0.25) is 0 Å². The van der Waals surface area contributed by atoms with Crippen molar-refractivity contribution in [2.75, 3.05) is 0 Å². The van der Waals surface area contributed by atoms with Gasteiger partial charge in [0.2, 0.25) is 0 Å². The highest BCUT2D eigenvalue weighted by molar-refractivity contribution is 5.35. The summed E-state index contributed by atoms with van der Waals surface area (Å²) >= 11 is 0. The fraction of sp³-hybridized carbons (Fsp3) is 0.667. The summed E-state index contributed by atoms with van der Waals surface area (Å²) in [6, 6.07) is 7.14. The Kier molecular flexibility index (Phi) is 5.91. The van der Waals surface area contributed by atoms with Crippen LogP contribution in [0.2, 0.25) is 0 Å². The van der Waals surface area contributed by atoms with E-state index in [1.165, 1.54) is 24.8 Å². The molecule has 0 aromatic heterocycles. The largest absolute Gasteiger partial charge is 0.0683 e. The second-order valence-corrected chi connectivity index (χ2v) is 5.93. The first-order valence-corrected chi connectivity index (χ1v) is 7.69. The predicted molar refractivity (Wildman–Crippen MR) is 82.2 cm³/mol. The average molecular weight is 246 g/mol. The van der Waals surface area contributed by atoms with E-state index in [0.29, 0.717) is 5.92 Å². The zero-order valence-electron chi connectivity index (χ0n) is 13.1. The third kappa shape index (κ3) is 3.60. The van der Waals surface area contributed by atoms with E-state index in [0.717, 1.165) is 11.8 Å². The maximum Gasteiger partial charge on any atom is -0.0219 e. The lowest BCUT2D eigenvalue weighted by atomic mass is 9.77. The number of hydrogen-bond acceptors (Lipinski definition) is 0. The van der Waals surface area contributed by atoms with Crippen LogP contribution in [-0.2, 0) is 12.8 Å². The molecule has 0 nitrogen and oxygen atoms in total. The van der Waals surface area contributed by atoms with Gasteiger partial charge in [-0.2, -0.15) is 0 Å². The molecule has 2 rings (SSSR count). The van der Waals surface area contributed by atoms with Crippen molar-refractivity contribution in [1.29, 1.82) is 0 Å². The molecule has 0 fully saturated rings. The smallest absolute Gasteiger partial charge is 0.0219 e. The molecule has 1 aromatic rings. The normalized spacial score (nSPS) is 18.3. The molecule has 0 N–H and O–H groups in total. The molecule has 1 aliphatic rings. The summed E-state index contributed by atoms with van der Waals surface area (Å²) in [7, 11) is 0. The summed E-state index contributed by atoms with van der Waals surface area (Å²) in [5.74, 6) is 2.39. The van der Waals surface area contributed by atoms with Crippen LogP contribution in [0.4, 0.5) is 0 Å². The fourth-order valence-corrected chi connectivity index (χ4v) is 2.73. The Labute approximate surface area is 114 Å². The zero-order chi connectivity index (χ0) is 13.7. The van der Waals surface area contributed by atoms with Gasteiger partial charge in [0.05, 0.1) is 0 Å². The van der Waals surface area contributed by atoms with Crippen molar-refractivity contribution < 1.29 is 0 Å². The molecule has 0 heterocycles. The van der Waals surface area contributed by atoms with Crippen molar-refractivity contribution in [2.45, 2.75) is 66.7 Å². The molecular weight excluding hydrogens is 216 g/mol. The highest BCUT2D eigenvalue weighted by Gasteiger charge is 2.21. The van der Waals surface area contributed by atoms with Gasteiger partial charge in [-0.05, 0) is 53.7 Å². The van der Waals surface area contributed by atoms with Gasteiger partial charge in [-0.15, -0.1) is 0 Å². The lowest BCUT2D eigenvalue weighted by Crippen LogP contribution is -2.19. The molecule has 0 saturated carbocycles. The van der Waals surface area contributed by atoms with Crippen molar-refractivity contribution >= 4 is 0 Å². The topological polar surface area (TPSA) is 0 Å². The molecular formula is C18H30. The van der Waals surface area contributed by atoms with E-state index in [2.05, 4.69) is 45.9 Å². The zero-order valence-corrected chi connectivity index (χ0v) is 13.1. The second kappa shape index (κ2) is 6.97. The van der Waals surface area contributed by atoms with Gasteiger partial charge >= 0.3 is 0 Å². The molecule has 0 radical (unpaired) electrons. The Morgan fingerprint density at radius 2 is 1.67 bits per heavy atom. The number of rotatable bonds is 2. The van der Waals surface area contributed by atoms with E-state index in [4.69, 9.17) is 0 Å². The van der Waals surface area contributed by atoms with Crippen LogP contribution in [-0.4, -0.2) is 0 Å². The first kappa shape index (κ1) is 15.3. The molecule has 102 valence electrons. The van der Waals surface area contributed by atoms with Gasteiger partial charge in [0.25, 0.3) is 0 Å². The van der Waals surface area contributed by atoms with Gasteiger partial charge in [0.1, 0.15) is 0 Å². The Morgan fingerprint density at radius 1 is 1.00 bits per heavy atom. The molecule has 1 atom stereocenters. The minimum absolute atomic E-state index is 0.660. The van der Waals surface area contributed by atoms with Crippen molar-refractivity contribution in [3.05, 3.63) is 34.9 Å². The highest BCUT2D eigenvalue weighted by Crippen LogP contribution is 2.31. The standard InChI is InChI=1S/C16H24.C2H6/c1-11(2)13-5-7-16-10-14(12(3)4)6-8-15(16)9-13;1-2/h5,7,9,11-12,14H,6,8,10H2,1-4H3;1-2H3. The third-order valence-electron chi connectivity index (χ3n) is 4.11. The molecule has 1 aliphatic carbocycles. The SMILES string of the molecule is CC.CC(C)c1ccc2c(c1)CCC(C(C)C)C2. The van der Waals surface area contributed by atoms with E-state index in [-0.39, 0.29) is 0 Å². The minimum atomic E-state index is 0.660. The summed E-state index contributed by atoms with van der Waals surface area (Å²) in [6.45, 7) is 13.3. The van der Waals surface area contributed by atoms with Crippen LogP contribution in [0.1, 0.15) is 70.6 Å². The van der Waals surface area contributed by atoms with Crippen LogP contribution in [0, 0.1) is 11.8 Å². The number of aryl methyl sites for hydroxylation is 1. The molecule has 18 heavy (non-hydrogen) atoms. The molecule has 0 heteroatoms. The van der Waals surface area contributed by atoms with Crippen LogP contribution >= 0.6 is 0 Å². The lowest BCUT2D eigenvalue weighted by molar-refractivity contribution is 0.343. The van der Waals surface area contributed by atoms with Gasteiger partial charge in [-0.25, -0.2) is 0 Å². The Morgan fingerprint density at radius 3 is 2.22 bits per heavy atom. The van der Waals surface area contributed by atoms with Gasteiger partial charge in [0, 0.05) is 0 Å². The molecule has 0 amide bonds. The molecule has 0 saturated heterocycles. The Hall–Kier alpha value is -0.780. The van der Waals surface area contributed by atoms with E-state index in [1.54, 1.807) is 11.1 Å². The average Bonchev–Trinajstić information content (AvgIpc) is 2.39. The fourth-order valence-electron chi connectivity index (χ4n) is 2.73. The number of fused-ring (bicyclic) bond motifs is 1. The van der Waals surface area contributed by atoms with Crippen LogP contribution in [0.5, 0.6) is 0 Å². The predicted octanol–water partition coefficient (Wildman–Crippen LogP) is 5.60. The monoisotopic (exact) mass is 246 g/mol. The third-order valence-corrected chi connectivity index (χ3v) is 4.11. The summed E-state index contributed by atoms with van der Waals surface area (Å²) < 4.78 is 0. The van der Waals surface area contributed by atoms with Crippen molar-refractivity contribution in [3.8, 4) is 0 Å². The van der Waals surface area contributed by atoms with Gasteiger partial charge in [0.15, 0.2) is 0 Å². The second-order valence-electron chi connectivity index (χ2n) is 5.93. The van der Waals surface area contributed by atoms with Gasteiger partial charge < -0.3 is 0 Å². The van der Waals surface area contributed by atoms with E-state index in [9.17, 15) is 0 Å². The Bertz CT molecular complexity index is 360. The number of hydrogen-bond donors (Lipinski definition) is 0.